The molecule has 2 aromatic rings. The Morgan fingerprint density at radius 3 is 2.28 bits per heavy atom. The molecule has 4 nitrogen and oxygen atoms in total. The lowest BCUT2D eigenvalue weighted by Gasteiger charge is -2.50. The molecule has 0 radical (unpaired) electrons. The van der Waals surface area contributed by atoms with Crippen LogP contribution in [0.2, 0.25) is 0 Å². The third-order valence-electron chi connectivity index (χ3n) is 7.14. The van der Waals surface area contributed by atoms with Crippen molar-refractivity contribution in [3.8, 4) is 0 Å². The molecule has 2 aromatic carbocycles. The van der Waals surface area contributed by atoms with E-state index in [1.165, 1.54) is 12.8 Å². The molecule has 0 unspecified atom stereocenters. The molecule has 2 saturated carbocycles. The SMILES string of the molecule is O=C(NC1CCCC1)[C@@H]1c2ccccc2C(=O)N(c2ccccc2)C12CCCC2. The highest BCUT2D eigenvalue weighted by molar-refractivity contribution is 6.12. The molecule has 150 valence electrons. The van der Waals surface area contributed by atoms with Crippen LogP contribution in [0.15, 0.2) is 54.6 Å². The third-order valence-corrected chi connectivity index (χ3v) is 7.14. The molecule has 2 fully saturated rings. The van der Waals surface area contributed by atoms with Crippen LogP contribution in [-0.4, -0.2) is 23.4 Å². The van der Waals surface area contributed by atoms with Crippen molar-refractivity contribution in [1.29, 1.82) is 0 Å². The molecular weight excluding hydrogens is 360 g/mol. The smallest absolute Gasteiger partial charge is 0.259 e. The van der Waals surface area contributed by atoms with Gasteiger partial charge < -0.3 is 10.2 Å². The summed E-state index contributed by atoms with van der Waals surface area (Å²) in [6, 6.07) is 17.9. The maximum Gasteiger partial charge on any atom is 0.259 e. The van der Waals surface area contributed by atoms with Gasteiger partial charge in [-0.15, -0.1) is 0 Å². The van der Waals surface area contributed by atoms with E-state index in [4.69, 9.17) is 0 Å². The highest BCUT2D eigenvalue weighted by Gasteiger charge is 2.56. The van der Waals surface area contributed by atoms with E-state index >= 15 is 0 Å². The minimum absolute atomic E-state index is 0.0265. The predicted molar refractivity (Wildman–Crippen MR) is 114 cm³/mol. The highest BCUT2D eigenvalue weighted by Crippen LogP contribution is 2.52. The van der Waals surface area contributed by atoms with E-state index in [-0.39, 0.29) is 23.8 Å². The standard InChI is InChI=1S/C25H28N2O2/c28-23(26-18-10-4-5-11-18)22-20-14-6-7-15-21(20)24(29)27(19-12-2-1-3-13-19)25(22)16-8-9-17-25/h1-3,6-7,12-15,18,22H,4-5,8-11,16-17H2,(H,26,28)/t22-/m0/s1. The number of carbonyl (C=O) groups is 2. The Bertz CT molecular complexity index is 911. The van der Waals surface area contributed by atoms with E-state index in [2.05, 4.69) is 5.32 Å². The zero-order valence-electron chi connectivity index (χ0n) is 16.8. The number of carbonyl (C=O) groups excluding carboxylic acids is 2. The first-order chi connectivity index (χ1) is 14.2. The summed E-state index contributed by atoms with van der Waals surface area (Å²) in [6.07, 6.45) is 8.33. The van der Waals surface area contributed by atoms with E-state index in [1.54, 1.807) is 0 Å². The van der Waals surface area contributed by atoms with Gasteiger partial charge in [0.15, 0.2) is 0 Å². The summed E-state index contributed by atoms with van der Waals surface area (Å²) in [4.78, 5) is 29.4. The first-order valence-electron chi connectivity index (χ1n) is 11.0. The van der Waals surface area contributed by atoms with E-state index in [1.807, 2.05) is 59.5 Å². The minimum Gasteiger partial charge on any atom is -0.353 e. The molecule has 1 atom stereocenters. The summed E-state index contributed by atoms with van der Waals surface area (Å²) < 4.78 is 0. The van der Waals surface area contributed by atoms with Crippen LogP contribution < -0.4 is 10.2 Å². The summed E-state index contributed by atoms with van der Waals surface area (Å²) in [7, 11) is 0. The van der Waals surface area contributed by atoms with E-state index < -0.39 is 5.54 Å². The summed E-state index contributed by atoms with van der Waals surface area (Å²) in [5.41, 5.74) is 1.99. The number of fused-ring (bicyclic) bond motifs is 1. The maximum atomic E-state index is 13.7. The highest BCUT2D eigenvalue weighted by atomic mass is 16.2. The molecule has 29 heavy (non-hydrogen) atoms. The second-order valence-corrected chi connectivity index (χ2v) is 8.80. The lowest BCUT2D eigenvalue weighted by Crippen LogP contribution is -2.61. The molecule has 1 heterocycles. The minimum atomic E-state index is -0.477. The zero-order chi connectivity index (χ0) is 19.8. The van der Waals surface area contributed by atoms with E-state index in [9.17, 15) is 9.59 Å². The van der Waals surface area contributed by atoms with Crippen molar-refractivity contribution in [2.24, 2.45) is 0 Å². The normalized spacial score (nSPS) is 23.4. The Morgan fingerprint density at radius 1 is 0.897 bits per heavy atom. The average Bonchev–Trinajstić information content (AvgIpc) is 3.42. The van der Waals surface area contributed by atoms with Crippen molar-refractivity contribution in [3.05, 3.63) is 65.7 Å². The number of rotatable bonds is 3. The number of nitrogens with zero attached hydrogens (tertiary/aromatic N) is 1. The number of hydrogen-bond donors (Lipinski definition) is 1. The van der Waals surface area contributed by atoms with Gasteiger partial charge in [-0.2, -0.15) is 0 Å². The number of hydrogen-bond acceptors (Lipinski definition) is 2. The largest absolute Gasteiger partial charge is 0.353 e. The van der Waals surface area contributed by atoms with Crippen LogP contribution in [-0.2, 0) is 4.79 Å². The summed E-state index contributed by atoms with van der Waals surface area (Å²) in [6.45, 7) is 0. The Balaban J connectivity index is 1.65. The van der Waals surface area contributed by atoms with Crippen LogP contribution in [0.25, 0.3) is 0 Å². The molecule has 3 aliphatic rings. The Kier molecular flexibility index (Phi) is 4.65. The van der Waals surface area contributed by atoms with Crippen LogP contribution in [0.5, 0.6) is 0 Å². The fourth-order valence-corrected chi connectivity index (χ4v) is 5.88. The first kappa shape index (κ1) is 18.4. The first-order valence-corrected chi connectivity index (χ1v) is 11.0. The lowest BCUT2D eigenvalue weighted by atomic mass is 9.70. The molecule has 4 heteroatoms. The van der Waals surface area contributed by atoms with Gasteiger partial charge >= 0.3 is 0 Å². The second-order valence-electron chi connectivity index (χ2n) is 8.80. The molecule has 5 rings (SSSR count). The quantitative estimate of drug-likeness (QED) is 0.821. The topological polar surface area (TPSA) is 49.4 Å². The van der Waals surface area contributed by atoms with E-state index in [0.717, 1.165) is 49.8 Å². The van der Waals surface area contributed by atoms with Gasteiger partial charge in [-0.1, -0.05) is 62.1 Å². The zero-order valence-corrected chi connectivity index (χ0v) is 16.8. The number of anilines is 1. The second kappa shape index (κ2) is 7.33. The summed E-state index contributed by atoms with van der Waals surface area (Å²) in [5, 5.41) is 3.35. The number of benzene rings is 2. The van der Waals surface area contributed by atoms with Crippen LogP contribution >= 0.6 is 0 Å². The predicted octanol–water partition coefficient (Wildman–Crippen LogP) is 4.80. The molecule has 0 aromatic heterocycles. The van der Waals surface area contributed by atoms with Crippen molar-refractivity contribution in [3.63, 3.8) is 0 Å². The van der Waals surface area contributed by atoms with Crippen molar-refractivity contribution in [2.45, 2.75) is 68.9 Å². The van der Waals surface area contributed by atoms with Crippen LogP contribution in [0, 0.1) is 0 Å². The van der Waals surface area contributed by atoms with Crippen molar-refractivity contribution in [2.75, 3.05) is 4.90 Å². The maximum absolute atomic E-state index is 13.7. The molecule has 0 saturated heterocycles. The molecule has 2 aliphatic carbocycles. The molecule has 2 amide bonds. The number of amides is 2. The van der Waals surface area contributed by atoms with Gasteiger partial charge in [0.2, 0.25) is 5.91 Å². The fraction of sp³-hybridized carbons (Fsp3) is 0.440. The van der Waals surface area contributed by atoms with Gasteiger partial charge in [0.05, 0.1) is 11.5 Å². The Labute approximate surface area is 172 Å². The van der Waals surface area contributed by atoms with Crippen molar-refractivity contribution < 1.29 is 9.59 Å². The van der Waals surface area contributed by atoms with Crippen LogP contribution in [0.3, 0.4) is 0 Å². The van der Waals surface area contributed by atoms with E-state index in [0.29, 0.717) is 5.56 Å². The van der Waals surface area contributed by atoms with Crippen molar-refractivity contribution >= 4 is 17.5 Å². The Morgan fingerprint density at radius 2 is 1.55 bits per heavy atom. The van der Waals surface area contributed by atoms with Gasteiger partial charge in [0, 0.05) is 17.3 Å². The third kappa shape index (κ3) is 2.97. The molecule has 1 N–H and O–H groups in total. The monoisotopic (exact) mass is 388 g/mol. The molecule has 1 spiro atoms. The summed E-state index contributed by atoms with van der Waals surface area (Å²) in [5.74, 6) is -0.196. The van der Waals surface area contributed by atoms with Gasteiger partial charge in [-0.3, -0.25) is 9.59 Å². The molecule has 1 aliphatic heterocycles. The molecule has 0 bridgehead atoms. The fourth-order valence-electron chi connectivity index (χ4n) is 5.88. The number of para-hydroxylation sites is 1. The van der Waals surface area contributed by atoms with Crippen molar-refractivity contribution in [1.82, 2.24) is 5.32 Å². The van der Waals surface area contributed by atoms with Gasteiger partial charge in [0.25, 0.3) is 5.91 Å². The van der Waals surface area contributed by atoms with Crippen LogP contribution in [0.4, 0.5) is 5.69 Å². The van der Waals surface area contributed by atoms with Gasteiger partial charge in [-0.25, -0.2) is 0 Å². The molecular formula is C25H28N2O2. The Hall–Kier alpha value is -2.62. The number of nitrogens with one attached hydrogen (secondary N) is 1. The van der Waals surface area contributed by atoms with Crippen LogP contribution in [0.1, 0.15) is 73.2 Å². The van der Waals surface area contributed by atoms with Gasteiger partial charge in [-0.05, 0) is 49.4 Å². The lowest BCUT2D eigenvalue weighted by molar-refractivity contribution is -0.124. The van der Waals surface area contributed by atoms with Gasteiger partial charge in [0.1, 0.15) is 0 Å². The average molecular weight is 389 g/mol. The summed E-state index contributed by atoms with van der Waals surface area (Å²) >= 11 is 0.